The molecule has 0 N–H and O–H groups in total. The molecule has 61 heavy (non-hydrogen) atoms. The fraction of sp³-hybridized carbons (Fsp3) is 0.0169. The Hall–Kier alpha value is -7.94. The van der Waals surface area contributed by atoms with E-state index in [9.17, 15) is 0 Å². The summed E-state index contributed by atoms with van der Waals surface area (Å²) in [6, 6.07) is 88.1. The molecule has 0 aliphatic carbocycles. The van der Waals surface area contributed by atoms with Crippen LogP contribution in [0.2, 0.25) is 0 Å². The summed E-state index contributed by atoms with van der Waals surface area (Å²) in [7, 11) is 0. The minimum Gasteiger partial charge on any atom is -0.311 e. The molecule has 2 nitrogen and oxygen atoms in total. The van der Waals surface area contributed by atoms with Crippen LogP contribution in [0.3, 0.4) is 0 Å². The molecule has 0 radical (unpaired) electrons. The highest BCUT2D eigenvalue weighted by Gasteiger charge is 2.25. The maximum absolute atomic E-state index is 2.45. The van der Waals surface area contributed by atoms with Crippen molar-refractivity contribution in [2.24, 2.45) is 0 Å². The summed E-state index contributed by atoms with van der Waals surface area (Å²) in [4.78, 5) is 4.78. The minimum absolute atomic E-state index is 0.845. The Morgan fingerprint density at radius 1 is 0.279 bits per heavy atom. The summed E-state index contributed by atoms with van der Waals surface area (Å²) in [6.45, 7) is 0. The van der Waals surface area contributed by atoms with Crippen molar-refractivity contribution >= 4 is 44.9 Å². The first-order chi connectivity index (χ1) is 30.2. The van der Waals surface area contributed by atoms with Crippen LogP contribution < -0.4 is 9.80 Å². The van der Waals surface area contributed by atoms with E-state index in [1.807, 2.05) is 0 Å². The molecule has 0 saturated carbocycles. The summed E-state index contributed by atoms with van der Waals surface area (Å²) in [5.74, 6) is 0. The molecule has 1 aliphatic rings. The molecule has 0 atom stereocenters. The van der Waals surface area contributed by atoms with Crippen LogP contribution in [0.15, 0.2) is 243 Å². The van der Waals surface area contributed by atoms with E-state index >= 15 is 0 Å². The number of para-hydroxylation sites is 1. The van der Waals surface area contributed by atoms with E-state index in [2.05, 4.69) is 252 Å². The zero-order valence-corrected chi connectivity index (χ0v) is 33.7. The predicted molar refractivity (Wildman–Crippen MR) is 258 cm³/mol. The molecule has 10 aromatic rings. The molecular formula is C59H42N2. The molecule has 0 bridgehead atoms. The van der Waals surface area contributed by atoms with Gasteiger partial charge in [-0.15, -0.1) is 0 Å². The highest BCUT2D eigenvalue weighted by molar-refractivity contribution is 5.90. The lowest BCUT2D eigenvalue weighted by molar-refractivity contribution is 1.09. The van der Waals surface area contributed by atoms with Crippen molar-refractivity contribution in [1.29, 1.82) is 0 Å². The van der Waals surface area contributed by atoms with Gasteiger partial charge < -0.3 is 9.80 Å². The lowest BCUT2D eigenvalue weighted by atomic mass is 9.89. The first-order valence-electron chi connectivity index (χ1n) is 21.0. The van der Waals surface area contributed by atoms with Crippen molar-refractivity contribution in [3.05, 3.63) is 254 Å². The number of hydrogen-bond donors (Lipinski definition) is 0. The topological polar surface area (TPSA) is 6.48 Å². The zero-order chi connectivity index (χ0) is 40.5. The van der Waals surface area contributed by atoms with Crippen LogP contribution in [0.1, 0.15) is 11.1 Å². The van der Waals surface area contributed by atoms with Gasteiger partial charge in [0.25, 0.3) is 0 Å². The highest BCUT2D eigenvalue weighted by Crippen LogP contribution is 2.47. The lowest BCUT2D eigenvalue weighted by Crippen LogP contribution is -2.18. The largest absolute Gasteiger partial charge is 0.311 e. The minimum atomic E-state index is 0.845. The van der Waals surface area contributed by atoms with Gasteiger partial charge >= 0.3 is 0 Å². The molecule has 2 heteroatoms. The van der Waals surface area contributed by atoms with Gasteiger partial charge in [-0.25, -0.2) is 0 Å². The number of fused-ring (bicyclic) bond motifs is 3. The summed E-state index contributed by atoms with van der Waals surface area (Å²) in [5, 5.41) is 2.51. The number of rotatable bonds is 8. The monoisotopic (exact) mass is 778 g/mol. The first-order valence-corrected chi connectivity index (χ1v) is 21.0. The number of benzene rings is 10. The smallest absolute Gasteiger partial charge is 0.0497 e. The van der Waals surface area contributed by atoms with Gasteiger partial charge in [0.2, 0.25) is 0 Å². The second-order valence-electron chi connectivity index (χ2n) is 15.8. The lowest BCUT2D eigenvalue weighted by Gasteiger charge is -2.34. The quantitative estimate of drug-likeness (QED) is 0.152. The number of anilines is 6. The normalized spacial score (nSPS) is 11.8. The molecule has 11 rings (SSSR count). The van der Waals surface area contributed by atoms with E-state index in [0.717, 1.165) is 29.2 Å². The fourth-order valence-corrected chi connectivity index (χ4v) is 8.93. The van der Waals surface area contributed by atoms with E-state index in [0.29, 0.717) is 0 Å². The van der Waals surface area contributed by atoms with Crippen molar-refractivity contribution < 1.29 is 0 Å². The van der Waals surface area contributed by atoms with Crippen molar-refractivity contribution in [1.82, 2.24) is 0 Å². The molecule has 1 heterocycles. The molecular weight excluding hydrogens is 737 g/mol. The Labute approximate surface area is 357 Å². The van der Waals surface area contributed by atoms with Crippen LogP contribution in [0.5, 0.6) is 0 Å². The van der Waals surface area contributed by atoms with Crippen LogP contribution in [0, 0.1) is 0 Å². The Morgan fingerprint density at radius 2 is 0.656 bits per heavy atom. The maximum atomic E-state index is 2.45. The molecule has 0 aromatic heterocycles. The van der Waals surface area contributed by atoms with Crippen molar-refractivity contribution in [2.75, 3.05) is 9.80 Å². The average Bonchev–Trinajstić information content (AvgIpc) is 3.34. The summed E-state index contributed by atoms with van der Waals surface area (Å²) < 4.78 is 0. The second-order valence-corrected chi connectivity index (χ2v) is 15.8. The van der Waals surface area contributed by atoms with Crippen molar-refractivity contribution in [2.45, 2.75) is 6.42 Å². The third-order valence-electron chi connectivity index (χ3n) is 12.0. The SMILES string of the molecule is c1ccc(-c2ccc(N(c3ccccc3)c3ccc(-c4ccc5c(c4)Cc4cc(-c6ccc7ccccc7c6)ccc4N5c4ccc(-c5ccccc5)cc4)cc3)cc2)cc1. The van der Waals surface area contributed by atoms with E-state index in [1.165, 1.54) is 77.8 Å². The highest BCUT2D eigenvalue weighted by atomic mass is 15.2. The van der Waals surface area contributed by atoms with Gasteiger partial charge in [0.15, 0.2) is 0 Å². The van der Waals surface area contributed by atoms with Gasteiger partial charge in [0.1, 0.15) is 0 Å². The van der Waals surface area contributed by atoms with Crippen LogP contribution in [0.4, 0.5) is 34.1 Å². The number of nitrogens with zero attached hydrogens (tertiary/aromatic N) is 2. The van der Waals surface area contributed by atoms with E-state index < -0.39 is 0 Å². The molecule has 0 amide bonds. The fourth-order valence-electron chi connectivity index (χ4n) is 8.93. The van der Waals surface area contributed by atoms with E-state index in [1.54, 1.807) is 0 Å². The molecule has 10 aromatic carbocycles. The van der Waals surface area contributed by atoms with Crippen LogP contribution in [-0.2, 0) is 6.42 Å². The zero-order valence-electron chi connectivity index (χ0n) is 33.7. The third-order valence-corrected chi connectivity index (χ3v) is 12.0. The van der Waals surface area contributed by atoms with Crippen molar-refractivity contribution in [3.63, 3.8) is 0 Å². The summed E-state index contributed by atoms with van der Waals surface area (Å²) in [6.07, 6.45) is 0.845. The Bertz CT molecular complexity index is 3120. The standard InChI is InChI=1S/C59H42N2/c1-4-12-42(13-5-1)45-22-30-55(31-23-45)60(54-18-8-3-9-19-54)56-32-26-47(27-33-56)49-28-36-58-52(39-49)41-53-40-51(50-21-20-44-16-10-11-17-48(44)38-50)29-37-59(53)61(58)57-34-24-46(25-35-57)43-14-6-2-7-15-43/h1-40H,41H2. The third kappa shape index (κ3) is 7.05. The molecule has 288 valence electrons. The average molecular weight is 779 g/mol. The summed E-state index contributed by atoms with van der Waals surface area (Å²) >= 11 is 0. The van der Waals surface area contributed by atoms with Gasteiger partial charge in [-0.05, 0) is 145 Å². The molecule has 0 saturated heterocycles. The van der Waals surface area contributed by atoms with E-state index in [4.69, 9.17) is 0 Å². The second kappa shape index (κ2) is 15.7. The molecule has 0 fully saturated rings. The molecule has 1 aliphatic heterocycles. The first kappa shape index (κ1) is 36.2. The Kier molecular flexibility index (Phi) is 9.29. The number of hydrogen-bond acceptors (Lipinski definition) is 2. The summed E-state index contributed by atoms with van der Waals surface area (Å²) in [5.41, 5.74) is 19.3. The molecule has 0 spiro atoms. The van der Waals surface area contributed by atoms with Gasteiger partial charge in [0.05, 0.1) is 0 Å². The van der Waals surface area contributed by atoms with Gasteiger partial charge in [-0.3, -0.25) is 0 Å². The van der Waals surface area contributed by atoms with Gasteiger partial charge in [0, 0.05) is 40.5 Å². The van der Waals surface area contributed by atoms with E-state index in [-0.39, 0.29) is 0 Å². The molecule has 0 unspecified atom stereocenters. The Balaban J connectivity index is 0.955. The van der Waals surface area contributed by atoms with Crippen molar-refractivity contribution in [3.8, 4) is 44.5 Å². The predicted octanol–water partition coefficient (Wildman–Crippen LogP) is 16.4. The van der Waals surface area contributed by atoms with Crippen LogP contribution >= 0.6 is 0 Å². The van der Waals surface area contributed by atoms with Crippen LogP contribution in [-0.4, -0.2) is 0 Å². The maximum Gasteiger partial charge on any atom is 0.0497 e. The van der Waals surface area contributed by atoms with Gasteiger partial charge in [-0.1, -0.05) is 164 Å². The van der Waals surface area contributed by atoms with Crippen LogP contribution in [0.25, 0.3) is 55.3 Å². The Morgan fingerprint density at radius 3 is 1.21 bits per heavy atom. The van der Waals surface area contributed by atoms with Gasteiger partial charge in [-0.2, -0.15) is 0 Å².